The van der Waals surface area contributed by atoms with Crippen LogP contribution in [-0.2, 0) is 0 Å². The molecule has 0 atom stereocenters. The number of ketones is 1. The first-order chi connectivity index (χ1) is 12.1. The zero-order valence-electron chi connectivity index (χ0n) is 13.2. The monoisotopic (exact) mass is 336 g/mol. The highest BCUT2D eigenvalue weighted by Crippen LogP contribution is 2.29. The predicted molar refractivity (Wildman–Crippen MR) is 91.6 cm³/mol. The molecule has 124 valence electrons. The Hall–Kier alpha value is -3.41. The van der Waals surface area contributed by atoms with Crippen LogP contribution in [0.2, 0.25) is 0 Å². The Morgan fingerprint density at radius 1 is 1.20 bits per heavy atom. The van der Waals surface area contributed by atoms with Gasteiger partial charge in [0.15, 0.2) is 5.78 Å². The Kier molecular flexibility index (Phi) is 3.39. The van der Waals surface area contributed by atoms with Gasteiger partial charge in [0.1, 0.15) is 23.0 Å². The topological polar surface area (TPSA) is 75.2 Å². The van der Waals surface area contributed by atoms with Gasteiger partial charge in [-0.05, 0) is 30.3 Å². The number of pyridine rings is 1. The van der Waals surface area contributed by atoms with E-state index in [9.17, 15) is 14.3 Å². The van der Waals surface area contributed by atoms with Crippen molar-refractivity contribution in [1.82, 2.24) is 9.97 Å². The molecular weight excluding hydrogens is 323 g/mol. The highest BCUT2D eigenvalue weighted by Gasteiger charge is 2.17. The molecule has 0 amide bonds. The second-order valence-electron chi connectivity index (χ2n) is 5.62. The number of H-pyrrole nitrogens is 1. The lowest BCUT2D eigenvalue weighted by Gasteiger charge is -2.06. The van der Waals surface area contributed by atoms with Crippen LogP contribution in [0.25, 0.3) is 21.9 Å². The van der Waals surface area contributed by atoms with E-state index in [0.29, 0.717) is 33.2 Å². The zero-order valence-corrected chi connectivity index (χ0v) is 13.2. The van der Waals surface area contributed by atoms with Gasteiger partial charge in [0.25, 0.3) is 0 Å². The number of fused-ring (bicyclic) bond motifs is 3. The van der Waals surface area contributed by atoms with E-state index < -0.39 is 5.78 Å². The second kappa shape index (κ2) is 5.59. The standard InChI is InChI=1S/C19H13FN2O3/c1-25-11-5-6-16(23)14(8-11)18(24)10-7-13-12-3-2-4-15(20)17(12)22-19(13)21-9-10/h2-9,23H,1H3,(H,21,22). The maximum atomic E-state index is 13.9. The van der Waals surface area contributed by atoms with Crippen LogP contribution in [0.15, 0.2) is 48.7 Å². The van der Waals surface area contributed by atoms with E-state index >= 15 is 0 Å². The number of nitrogens with one attached hydrogen (secondary N) is 1. The molecule has 0 aliphatic carbocycles. The van der Waals surface area contributed by atoms with Gasteiger partial charge in [-0.3, -0.25) is 4.79 Å². The minimum atomic E-state index is -0.392. The number of rotatable bonds is 3. The molecule has 6 heteroatoms. The largest absolute Gasteiger partial charge is 0.507 e. The van der Waals surface area contributed by atoms with E-state index in [1.54, 1.807) is 24.3 Å². The molecule has 4 aromatic rings. The van der Waals surface area contributed by atoms with Crippen molar-refractivity contribution in [3.8, 4) is 11.5 Å². The van der Waals surface area contributed by atoms with Gasteiger partial charge < -0.3 is 14.8 Å². The van der Waals surface area contributed by atoms with Crippen molar-refractivity contribution >= 4 is 27.7 Å². The number of aromatic amines is 1. The van der Waals surface area contributed by atoms with Crippen LogP contribution >= 0.6 is 0 Å². The third-order valence-corrected chi connectivity index (χ3v) is 4.15. The highest BCUT2D eigenvalue weighted by atomic mass is 19.1. The first-order valence-corrected chi connectivity index (χ1v) is 7.56. The Bertz CT molecular complexity index is 1130. The minimum absolute atomic E-state index is 0.117. The number of halogens is 1. The van der Waals surface area contributed by atoms with Gasteiger partial charge in [0.05, 0.1) is 18.2 Å². The second-order valence-corrected chi connectivity index (χ2v) is 5.62. The van der Waals surface area contributed by atoms with Crippen molar-refractivity contribution in [2.45, 2.75) is 0 Å². The third kappa shape index (κ3) is 2.39. The molecule has 0 aliphatic rings. The van der Waals surface area contributed by atoms with Gasteiger partial charge in [-0.15, -0.1) is 0 Å². The lowest BCUT2D eigenvalue weighted by Crippen LogP contribution is -2.03. The van der Waals surface area contributed by atoms with Crippen LogP contribution in [0, 0.1) is 5.82 Å². The van der Waals surface area contributed by atoms with Crippen LogP contribution in [0.4, 0.5) is 4.39 Å². The average Bonchev–Trinajstić information content (AvgIpc) is 3.01. The smallest absolute Gasteiger partial charge is 0.198 e. The number of phenols is 1. The number of nitrogens with zero attached hydrogens (tertiary/aromatic N) is 1. The third-order valence-electron chi connectivity index (χ3n) is 4.15. The van der Waals surface area contributed by atoms with Gasteiger partial charge in [-0.1, -0.05) is 12.1 Å². The van der Waals surface area contributed by atoms with Crippen molar-refractivity contribution in [3.05, 3.63) is 65.6 Å². The molecule has 2 heterocycles. The van der Waals surface area contributed by atoms with Crippen LogP contribution in [0.5, 0.6) is 11.5 Å². The zero-order chi connectivity index (χ0) is 17.6. The maximum Gasteiger partial charge on any atom is 0.198 e. The van der Waals surface area contributed by atoms with E-state index in [4.69, 9.17) is 4.74 Å². The number of carbonyl (C=O) groups is 1. The molecular formula is C19H13FN2O3. The summed E-state index contributed by atoms with van der Waals surface area (Å²) in [5.41, 5.74) is 1.25. The number of aromatic nitrogens is 2. The Morgan fingerprint density at radius 3 is 2.84 bits per heavy atom. The Labute approximate surface area is 141 Å². The molecule has 25 heavy (non-hydrogen) atoms. The summed E-state index contributed by atoms with van der Waals surface area (Å²) in [6.45, 7) is 0. The fourth-order valence-electron chi connectivity index (χ4n) is 2.87. The van der Waals surface area contributed by atoms with E-state index in [2.05, 4.69) is 9.97 Å². The first kappa shape index (κ1) is 15.1. The number of para-hydroxylation sites is 1. The number of phenolic OH excluding ortho intramolecular Hbond substituents is 1. The Balaban J connectivity index is 1.88. The highest BCUT2D eigenvalue weighted by molar-refractivity contribution is 6.14. The lowest BCUT2D eigenvalue weighted by atomic mass is 10.0. The summed E-state index contributed by atoms with van der Waals surface area (Å²) in [6, 6.07) is 10.8. The summed E-state index contributed by atoms with van der Waals surface area (Å²) >= 11 is 0. The molecule has 2 N–H and O–H groups in total. The molecule has 4 rings (SSSR count). The molecule has 5 nitrogen and oxygen atoms in total. The van der Waals surface area contributed by atoms with Crippen molar-refractivity contribution in [1.29, 1.82) is 0 Å². The van der Waals surface area contributed by atoms with Crippen LogP contribution in [-0.4, -0.2) is 28.0 Å². The molecule has 2 aromatic heterocycles. The number of methoxy groups -OCH3 is 1. The number of carbonyl (C=O) groups excluding carboxylic acids is 1. The summed E-state index contributed by atoms with van der Waals surface area (Å²) in [5, 5.41) is 11.3. The summed E-state index contributed by atoms with van der Waals surface area (Å²) in [6.07, 6.45) is 1.40. The lowest BCUT2D eigenvalue weighted by molar-refractivity contribution is 0.103. The maximum absolute atomic E-state index is 13.9. The molecule has 0 unspecified atom stereocenters. The summed E-state index contributed by atoms with van der Waals surface area (Å²) in [5.74, 6) is -0.453. The van der Waals surface area contributed by atoms with E-state index in [-0.39, 0.29) is 17.1 Å². The van der Waals surface area contributed by atoms with E-state index in [0.717, 1.165) is 0 Å². The van der Waals surface area contributed by atoms with Gasteiger partial charge in [-0.25, -0.2) is 9.37 Å². The summed E-state index contributed by atoms with van der Waals surface area (Å²) in [7, 11) is 1.48. The average molecular weight is 336 g/mol. The number of hydrogen-bond donors (Lipinski definition) is 2. The summed E-state index contributed by atoms with van der Waals surface area (Å²) < 4.78 is 19.0. The number of aromatic hydroxyl groups is 1. The fraction of sp³-hybridized carbons (Fsp3) is 0.0526. The van der Waals surface area contributed by atoms with Gasteiger partial charge in [-0.2, -0.15) is 0 Å². The van der Waals surface area contributed by atoms with Crippen molar-refractivity contribution in [3.63, 3.8) is 0 Å². The van der Waals surface area contributed by atoms with E-state index in [1.165, 1.54) is 31.5 Å². The molecule has 0 aliphatic heterocycles. The van der Waals surface area contributed by atoms with Gasteiger partial charge >= 0.3 is 0 Å². The molecule has 0 saturated heterocycles. The SMILES string of the molecule is COc1ccc(O)c(C(=O)c2cnc3[nH]c4c(F)cccc4c3c2)c1. The summed E-state index contributed by atoms with van der Waals surface area (Å²) in [4.78, 5) is 19.9. The van der Waals surface area contributed by atoms with Gasteiger partial charge in [0.2, 0.25) is 0 Å². The van der Waals surface area contributed by atoms with Crippen LogP contribution < -0.4 is 4.74 Å². The van der Waals surface area contributed by atoms with Crippen LogP contribution in [0.3, 0.4) is 0 Å². The first-order valence-electron chi connectivity index (χ1n) is 7.56. The normalized spacial score (nSPS) is 11.1. The number of benzene rings is 2. The van der Waals surface area contributed by atoms with Crippen LogP contribution in [0.1, 0.15) is 15.9 Å². The molecule has 0 spiro atoms. The van der Waals surface area contributed by atoms with Gasteiger partial charge in [0, 0.05) is 22.5 Å². The molecule has 0 saturated carbocycles. The number of hydrogen-bond acceptors (Lipinski definition) is 4. The molecule has 0 bridgehead atoms. The minimum Gasteiger partial charge on any atom is -0.507 e. The van der Waals surface area contributed by atoms with Crippen molar-refractivity contribution < 1.29 is 19.0 Å². The quantitative estimate of drug-likeness (QED) is 0.558. The molecule has 0 fully saturated rings. The molecule has 2 aromatic carbocycles. The van der Waals surface area contributed by atoms with Crippen molar-refractivity contribution in [2.75, 3.05) is 7.11 Å². The van der Waals surface area contributed by atoms with E-state index in [1.807, 2.05) is 0 Å². The number of ether oxygens (including phenoxy) is 1. The fourth-order valence-corrected chi connectivity index (χ4v) is 2.87. The molecule has 0 radical (unpaired) electrons. The van der Waals surface area contributed by atoms with Crippen molar-refractivity contribution in [2.24, 2.45) is 0 Å². The predicted octanol–water partition coefficient (Wildman–Crippen LogP) is 3.80. The Morgan fingerprint density at radius 2 is 2.04 bits per heavy atom.